The predicted octanol–water partition coefficient (Wildman–Crippen LogP) is 2.77. The van der Waals surface area contributed by atoms with Crippen molar-refractivity contribution < 1.29 is 4.79 Å². The normalized spacial score (nSPS) is 10.7. The summed E-state index contributed by atoms with van der Waals surface area (Å²) in [6.07, 6.45) is 0. The zero-order valence-corrected chi connectivity index (χ0v) is 13.1. The summed E-state index contributed by atoms with van der Waals surface area (Å²) < 4.78 is 1.67. The van der Waals surface area contributed by atoms with Gasteiger partial charge in [-0.05, 0) is 39.3 Å². The molecule has 2 rings (SSSR count). The summed E-state index contributed by atoms with van der Waals surface area (Å²) in [5.41, 5.74) is 9.66. The number of aromatic nitrogens is 2. The first-order valence-corrected chi connectivity index (χ1v) is 7.21. The van der Waals surface area contributed by atoms with Crippen molar-refractivity contribution in [3.8, 4) is 0 Å². The van der Waals surface area contributed by atoms with Crippen LogP contribution in [0.3, 0.4) is 0 Å². The molecule has 0 radical (unpaired) electrons. The molecule has 0 spiro atoms. The number of anilines is 2. The monoisotopic (exact) mass is 286 g/mol. The Balaban J connectivity index is 2.49. The lowest BCUT2D eigenvalue weighted by Crippen LogP contribution is -2.33. The summed E-state index contributed by atoms with van der Waals surface area (Å²) in [4.78, 5) is 14.7. The number of hydrogen-bond acceptors (Lipinski definition) is 3. The molecule has 112 valence electrons. The molecule has 1 heterocycles. The first-order valence-electron chi connectivity index (χ1n) is 7.21. The lowest BCUT2D eigenvalue weighted by Gasteiger charge is -2.23. The fraction of sp³-hybridized carbons (Fsp3) is 0.375. The Hall–Kier alpha value is -2.30. The molecule has 0 bridgehead atoms. The average Bonchev–Trinajstić information content (AvgIpc) is 2.76. The van der Waals surface area contributed by atoms with E-state index >= 15 is 0 Å². The maximum absolute atomic E-state index is 12.9. The van der Waals surface area contributed by atoms with Crippen LogP contribution in [0.4, 0.5) is 11.4 Å². The molecule has 21 heavy (non-hydrogen) atoms. The molecule has 0 aliphatic rings. The SMILES string of the molecule is CCN(C(=O)c1c(N)c(C)nn1CC)c1ccccc1C. The minimum atomic E-state index is -0.105. The number of hydrogen-bond donors (Lipinski definition) is 1. The van der Waals surface area contributed by atoms with Crippen molar-refractivity contribution in [3.63, 3.8) is 0 Å². The van der Waals surface area contributed by atoms with Gasteiger partial charge in [-0.15, -0.1) is 0 Å². The maximum Gasteiger partial charge on any atom is 0.278 e. The number of aryl methyl sites for hydroxylation is 3. The van der Waals surface area contributed by atoms with Crippen LogP contribution in [0, 0.1) is 13.8 Å². The highest BCUT2D eigenvalue weighted by atomic mass is 16.2. The molecule has 0 fully saturated rings. The first-order chi connectivity index (χ1) is 10.0. The topological polar surface area (TPSA) is 64.2 Å². The standard InChI is InChI=1S/C16H22N4O/c1-5-19(13-10-8-7-9-11(13)3)16(21)15-14(17)12(4)18-20(15)6-2/h7-10H,5-6,17H2,1-4H3. The average molecular weight is 286 g/mol. The van der Waals surface area contributed by atoms with E-state index in [-0.39, 0.29) is 5.91 Å². The van der Waals surface area contributed by atoms with Crippen LogP contribution in [0.15, 0.2) is 24.3 Å². The molecule has 0 aliphatic heterocycles. The Bertz CT molecular complexity index is 660. The molecule has 2 N–H and O–H groups in total. The molecule has 1 amide bonds. The summed E-state index contributed by atoms with van der Waals surface area (Å²) >= 11 is 0. The van der Waals surface area contributed by atoms with Crippen LogP contribution in [0.2, 0.25) is 0 Å². The molecule has 5 heteroatoms. The Kier molecular flexibility index (Phi) is 4.31. The van der Waals surface area contributed by atoms with E-state index in [9.17, 15) is 4.79 Å². The third kappa shape index (κ3) is 2.63. The molecular weight excluding hydrogens is 264 g/mol. The van der Waals surface area contributed by atoms with Crippen molar-refractivity contribution >= 4 is 17.3 Å². The highest BCUT2D eigenvalue weighted by molar-refractivity contribution is 6.08. The van der Waals surface area contributed by atoms with Crippen molar-refractivity contribution in [1.82, 2.24) is 9.78 Å². The van der Waals surface area contributed by atoms with Gasteiger partial charge in [0.05, 0.1) is 11.4 Å². The predicted molar refractivity (Wildman–Crippen MR) is 85.6 cm³/mol. The third-order valence-corrected chi connectivity index (χ3v) is 3.64. The van der Waals surface area contributed by atoms with Gasteiger partial charge in [-0.2, -0.15) is 5.10 Å². The van der Waals surface area contributed by atoms with Crippen LogP contribution in [0.5, 0.6) is 0 Å². The fourth-order valence-corrected chi connectivity index (χ4v) is 2.47. The minimum absolute atomic E-state index is 0.105. The molecule has 2 aromatic rings. The number of para-hydroxylation sites is 1. The zero-order valence-electron chi connectivity index (χ0n) is 13.1. The van der Waals surface area contributed by atoms with E-state index < -0.39 is 0 Å². The number of carbonyl (C=O) groups excluding carboxylic acids is 1. The van der Waals surface area contributed by atoms with Gasteiger partial charge in [0, 0.05) is 18.8 Å². The molecule has 0 saturated carbocycles. The van der Waals surface area contributed by atoms with Crippen molar-refractivity contribution in [2.75, 3.05) is 17.2 Å². The Morgan fingerprint density at radius 1 is 1.29 bits per heavy atom. The van der Waals surface area contributed by atoms with E-state index in [1.165, 1.54) is 0 Å². The van der Waals surface area contributed by atoms with Crippen LogP contribution in [0.1, 0.15) is 35.6 Å². The molecule has 5 nitrogen and oxygen atoms in total. The van der Waals surface area contributed by atoms with E-state index in [0.29, 0.717) is 30.2 Å². The second-order valence-corrected chi connectivity index (χ2v) is 5.00. The van der Waals surface area contributed by atoms with Gasteiger partial charge in [-0.25, -0.2) is 0 Å². The number of nitrogen functional groups attached to an aromatic ring is 1. The smallest absolute Gasteiger partial charge is 0.278 e. The number of nitrogens with two attached hydrogens (primary N) is 1. The number of amides is 1. The van der Waals surface area contributed by atoms with Gasteiger partial charge in [0.1, 0.15) is 5.69 Å². The zero-order chi connectivity index (χ0) is 15.6. The Labute approximate surface area is 125 Å². The highest BCUT2D eigenvalue weighted by Gasteiger charge is 2.25. The molecule has 0 unspecified atom stereocenters. The van der Waals surface area contributed by atoms with Crippen molar-refractivity contribution in [3.05, 3.63) is 41.2 Å². The van der Waals surface area contributed by atoms with Crippen LogP contribution >= 0.6 is 0 Å². The van der Waals surface area contributed by atoms with Gasteiger partial charge in [0.25, 0.3) is 5.91 Å². The molecule has 0 aliphatic carbocycles. The van der Waals surface area contributed by atoms with E-state index in [1.807, 2.05) is 52.0 Å². The summed E-state index contributed by atoms with van der Waals surface area (Å²) in [6.45, 7) is 8.92. The minimum Gasteiger partial charge on any atom is -0.395 e. The summed E-state index contributed by atoms with van der Waals surface area (Å²) in [5, 5.41) is 4.33. The number of nitrogens with zero attached hydrogens (tertiary/aromatic N) is 3. The van der Waals surface area contributed by atoms with Gasteiger partial charge in [0.2, 0.25) is 0 Å². The second-order valence-electron chi connectivity index (χ2n) is 5.00. The van der Waals surface area contributed by atoms with Gasteiger partial charge >= 0.3 is 0 Å². The molecule has 1 aromatic heterocycles. The van der Waals surface area contributed by atoms with Gasteiger partial charge in [-0.1, -0.05) is 18.2 Å². The Morgan fingerprint density at radius 3 is 2.52 bits per heavy atom. The first kappa shape index (κ1) is 15.1. The Morgan fingerprint density at radius 2 is 1.95 bits per heavy atom. The van der Waals surface area contributed by atoms with Crippen LogP contribution in [-0.2, 0) is 6.54 Å². The van der Waals surface area contributed by atoms with Crippen LogP contribution in [-0.4, -0.2) is 22.2 Å². The molecular formula is C16H22N4O. The number of carbonyl (C=O) groups is 1. The molecule has 1 aromatic carbocycles. The van der Waals surface area contributed by atoms with Crippen molar-refractivity contribution in [2.24, 2.45) is 0 Å². The van der Waals surface area contributed by atoms with Gasteiger partial charge < -0.3 is 10.6 Å². The summed E-state index contributed by atoms with van der Waals surface area (Å²) in [7, 11) is 0. The van der Waals surface area contributed by atoms with E-state index in [1.54, 1.807) is 9.58 Å². The summed E-state index contributed by atoms with van der Waals surface area (Å²) in [5.74, 6) is -0.105. The highest BCUT2D eigenvalue weighted by Crippen LogP contribution is 2.24. The summed E-state index contributed by atoms with van der Waals surface area (Å²) in [6, 6.07) is 7.85. The quantitative estimate of drug-likeness (QED) is 0.940. The fourth-order valence-electron chi connectivity index (χ4n) is 2.47. The third-order valence-electron chi connectivity index (χ3n) is 3.64. The largest absolute Gasteiger partial charge is 0.395 e. The number of rotatable bonds is 4. The van der Waals surface area contributed by atoms with Crippen molar-refractivity contribution in [1.29, 1.82) is 0 Å². The maximum atomic E-state index is 12.9. The lowest BCUT2D eigenvalue weighted by atomic mass is 10.1. The molecule has 0 atom stereocenters. The second kappa shape index (κ2) is 5.99. The molecule has 0 saturated heterocycles. The van der Waals surface area contributed by atoms with Crippen molar-refractivity contribution in [2.45, 2.75) is 34.2 Å². The van der Waals surface area contributed by atoms with E-state index in [0.717, 1.165) is 11.3 Å². The van der Waals surface area contributed by atoms with Crippen LogP contribution < -0.4 is 10.6 Å². The van der Waals surface area contributed by atoms with Gasteiger partial charge in [0.15, 0.2) is 0 Å². The lowest BCUT2D eigenvalue weighted by molar-refractivity contribution is 0.0979. The number of benzene rings is 1. The van der Waals surface area contributed by atoms with Gasteiger partial charge in [-0.3, -0.25) is 9.48 Å². The van der Waals surface area contributed by atoms with Crippen LogP contribution in [0.25, 0.3) is 0 Å². The van der Waals surface area contributed by atoms with E-state index in [2.05, 4.69) is 5.10 Å². The van der Waals surface area contributed by atoms with E-state index in [4.69, 9.17) is 5.73 Å².